The van der Waals surface area contributed by atoms with E-state index in [9.17, 15) is 9.59 Å². The molecule has 0 atom stereocenters. The van der Waals surface area contributed by atoms with Crippen LogP contribution in [-0.2, 0) is 37.3 Å². The van der Waals surface area contributed by atoms with Gasteiger partial charge in [0.25, 0.3) is 5.91 Å². The number of aromatic nitrogens is 3. The highest BCUT2D eigenvalue weighted by Crippen LogP contribution is 2.35. The predicted molar refractivity (Wildman–Crippen MR) is 220 cm³/mol. The average Bonchev–Trinajstić information content (AvgIpc) is 3.47. The number of pyridine rings is 1. The standard InChI is InChI=1S/C44H54N8O4/c1-4-39-38(41(48-35-15-21-56-22-16-35)37-26-47-52(5-2)43(37)49-39)29-51(44(54)34-12-7-11-33(25-34)42(45)53)28-31-13-14-40(55-3)36(24-31)32-10-6-9-30(23-32)27-50-19-8-17-46-18-20-50/h6-7,9-14,23-26,35,46H,4-5,8,15-22,27-29H2,1-3H3,(H2,45,53)(H,48,49). The number of fused-ring (bicyclic) bond motifs is 1. The van der Waals surface area contributed by atoms with E-state index < -0.39 is 5.91 Å². The van der Waals surface area contributed by atoms with E-state index >= 15 is 0 Å². The summed E-state index contributed by atoms with van der Waals surface area (Å²) >= 11 is 0. The number of nitrogens with zero attached hydrogens (tertiary/aromatic N) is 5. The van der Waals surface area contributed by atoms with Crippen LogP contribution in [0, 0.1) is 0 Å². The van der Waals surface area contributed by atoms with Crippen LogP contribution >= 0.6 is 0 Å². The number of carbonyl (C=O) groups excluding carboxylic acids is 2. The molecule has 3 aromatic carbocycles. The van der Waals surface area contributed by atoms with Crippen LogP contribution in [0.25, 0.3) is 22.2 Å². The first-order valence-corrected chi connectivity index (χ1v) is 19.9. The summed E-state index contributed by atoms with van der Waals surface area (Å²) in [6, 6.07) is 21.6. The second-order valence-corrected chi connectivity index (χ2v) is 14.7. The van der Waals surface area contributed by atoms with Crippen LogP contribution in [0.1, 0.15) is 76.2 Å². The van der Waals surface area contributed by atoms with Gasteiger partial charge in [0.15, 0.2) is 5.65 Å². The Kier molecular flexibility index (Phi) is 12.6. The number of carbonyl (C=O) groups is 2. The molecule has 0 radical (unpaired) electrons. The zero-order valence-corrected chi connectivity index (χ0v) is 32.9. The van der Waals surface area contributed by atoms with Crippen molar-refractivity contribution in [1.82, 2.24) is 29.9 Å². The maximum absolute atomic E-state index is 14.7. The molecule has 294 valence electrons. The first kappa shape index (κ1) is 39.0. The predicted octanol–water partition coefficient (Wildman–Crippen LogP) is 6.02. The maximum Gasteiger partial charge on any atom is 0.254 e. The van der Waals surface area contributed by atoms with Crippen LogP contribution in [0.2, 0.25) is 0 Å². The summed E-state index contributed by atoms with van der Waals surface area (Å²) < 4.78 is 13.5. The molecule has 56 heavy (non-hydrogen) atoms. The maximum atomic E-state index is 14.7. The molecule has 2 fully saturated rings. The van der Waals surface area contributed by atoms with Crippen LogP contribution in [0.3, 0.4) is 0 Å². The molecule has 0 unspecified atom stereocenters. The molecule has 2 aliphatic rings. The highest BCUT2D eigenvalue weighted by molar-refractivity contribution is 5.99. The van der Waals surface area contributed by atoms with Crippen LogP contribution in [0.15, 0.2) is 72.9 Å². The lowest BCUT2D eigenvalue weighted by Gasteiger charge is -2.29. The molecule has 0 saturated carbocycles. The fraction of sp³-hybridized carbons (Fsp3) is 0.409. The Morgan fingerprint density at radius 3 is 2.59 bits per heavy atom. The van der Waals surface area contributed by atoms with Gasteiger partial charge in [0, 0.05) is 79.9 Å². The van der Waals surface area contributed by atoms with E-state index in [1.54, 1.807) is 31.4 Å². The van der Waals surface area contributed by atoms with Gasteiger partial charge < -0.3 is 30.7 Å². The Labute approximate surface area is 329 Å². The van der Waals surface area contributed by atoms with Crippen LogP contribution in [-0.4, -0.2) is 88.9 Å². The molecule has 2 aromatic heterocycles. The van der Waals surface area contributed by atoms with Crippen molar-refractivity contribution in [3.8, 4) is 16.9 Å². The lowest BCUT2D eigenvalue weighted by atomic mass is 9.98. The molecule has 0 spiro atoms. The van der Waals surface area contributed by atoms with Crippen molar-refractivity contribution in [3.63, 3.8) is 0 Å². The van der Waals surface area contributed by atoms with Crippen LogP contribution < -0.4 is 21.1 Å². The monoisotopic (exact) mass is 758 g/mol. The average molecular weight is 759 g/mol. The smallest absolute Gasteiger partial charge is 0.254 e. The van der Waals surface area contributed by atoms with E-state index in [-0.39, 0.29) is 24.1 Å². The third kappa shape index (κ3) is 8.88. The summed E-state index contributed by atoms with van der Waals surface area (Å²) in [5.41, 5.74) is 14.2. The highest BCUT2D eigenvalue weighted by Gasteiger charge is 2.26. The van der Waals surface area contributed by atoms with E-state index in [1.807, 2.05) is 27.9 Å². The number of nitrogens with two attached hydrogens (primary N) is 1. The highest BCUT2D eigenvalue weighted by atomic mass is 16.5. The van der Waals surface area contributed by atoms with Crippen LogP contribution in [0.5, 0.6) is 5.75 Å². The number of methoxy groups -OCH3 is 1. The fourth-order valence-electron chi connectivity index (χ4n) is 7.91. The van der Waals surface area contributed by atoms with Crippen molar-refractivity contribution in [3.05, 3.63) is 106 Å². The normalized spacial score (nSPS) is 15.4. The zero-order chi connectivity index (χ0) is 39.0. The Morgan fingerprint density at radius 2 is 1.80 bits per heavy atom. The van der Waals surface area contributed by atoms with E-state index in [1.165, 1.54) is 5.56 Å². The third-order valence-corrected chi connectivity index (χ3v) is 10.9. The summed E-state index contributed by atoms with van der Waals surface area (Å²) in [5, 5.41) is 13.0. The fourth-order valence-corrected chi connectivity index (χ4v) is 7.91. The summed E-state index contributed by atoms with van der Waals surface area (Å²) in [5.74, 6) is -0.0434. The molecular weight excluding hydrogens is 705 g/mol. The summed E-state index contributed by atoms with van der Waals surface area (Å²) in [7, 11) is 1.69. The number of ether oxygens (including phenoxy) is 2. The van der Waals surface area contributed by atoms with Crippen molar-refractivity contribution in [2.75, 3.05) is 51.8 Å². The number of aryl methyl sites for hydroxylation is 2. The number of nitrogens with one attached hydrogen (secondary N) is 2. The summed E-state index contributed by atoms with van der Waals surface area (Å²) in [6.45, 7) is 11.8. The van der Waals surface area contributed by atoms with E-state index in [0.29, 0.717) is 38.3 Å². The number of amides is 2. The minimum Gasteiger partial charge on any atom is -0.496 e. The molecule has 12 nitrogen and oxygen atoms in total. The zero-order valence-electron chi connectivity index (χ0n) is 32.9. The molecule has 2 saturated heterocycles. The molecule has 4 heterocycles. The third-order valence-electron chi connectivity index (χ3n) is 10.9. The van der Waals surface area contributed by atoms with Gasteiger partial charge in [0.1, 0.15) is 5.75 Å². The van der Waals surface area contributed by atoms with Crippen molar-refractivity contribution in [1.29, 1.82) is 0 Å². The second kappa shape index (κ2) is 18.1. The van der Waals surface area contributed by atoms with E-state index in [4.69, 9.17) is 20.2 Å². The summed E-state index contributed by atoms with van der Waals surface area (Å²) in [4.78, 5) is 36.5. The minimum absolute atomic E-state index is 0.204. The molecule has 4 N–H and O–H groups in total. The van der Waals surface area contributed by atoms with Gasteiger partial charge in [0.2, 0.25) is 5.91 Å². The van der Waals surface area contributed by atoms with E-state index in [0.717, 1.165) is 102 Å². The van der Waals surface area contributed by atoms with Gasteiger partial charge >= 0.3 is 0 Å². The van der Waals surface area contributed by atoms with Crippen molar-refractivity contribution < 1.29 is 19.1 Å². The lowest BCUT2D eigenvalue weighted by Crippen LogP contribution is -2.33. The van der Waals surface area contributed by atoms with Gasteiger partial charge in [-0.2, -0.15) is 5.10 Å². The van der Waals surface area contributed by atoms with Gasteiger partial charge in [-0.1, -0.05) is 37.3 Å². The second-order valence-electron chi connectivity index (χ2n) is 14.7. The Bertz CT molecular complexity index is 2150. The Morgan fingerprint density at radius 1 is 0.982 bits per heavy atom. The van der Waals surface area contributed by atoms with Crippen LogP contribution in [0.4, 0.5) is 5.69 Å². The molecular formula is C44H54N8O4. The molecule has 7 rings (SSSR count). The van der Waals surface area contributed by atoms with Gasteiger partial charge in [0.05, 0.1) is 30.9 Å². The first-order valence-electron chi connectivity index (χ1n) is 19.9. The Hall–Kier alpha value is -5.30. The number of primary amides is 1. The van der Waals surface area contributed by atoms with E-state index in [2.05, 4.69) is 64.8 Å². The van der Waals surface area contributed by atoms with Gasteiger partial charge in [-0.25, -0.2) is 9.67 Å². The quantitative estimate of drug-likeness (QED) is 0.124. The summed E-state index contributed by atoms with van der Waals surface area (Å²) in [6.07, 6.45) is 5.43. The Balaban J connectivity index is 1.28. The van der Waals surface area contributed by atoms with Gasteiger partial charge in [-0.05, 0) is 98.8 Å². The SMILES string of the molecule is CCc1nc2c(cnn2CC)c(NC2CCOCC2)c1CN(Cc1ccc(OC)c(-c2cccc(CN3CCCNCC3)c2)c1)C(=O)c1cccc(C(N)=O)c1. The topological polar surface area (TPSA) is 140 Å². The molecule has 0 bridgehead atoms. The molecule has 2 aliphatic heterocycles. The molecule has 2 amide bonds. The number of benzene rings is 3. The first-order chi connectivity index (χ1) is 27.3. The molecule has 0 aliphatic carbocycles. The lowest BCUT2D eigenvalue weighted by molar-refractivity contribution is 0.0730. The van der Waals surface area contributed by atoms with Gasteiger partial charge in [-0.3, -0.25) is 14.5 Å². The van der Waals surface area contributed by atoms with Crippen molar-refractivity contribution >= 4 is 28.5 Å². The molecule has 5 aromatic rings. The number of rotatable bonds is 14. The number of hydrogen-bond donors (Lipinski definition) is 3. The molecule has 12 heteroatoms. The van der Waals surface area contributed by atoms with Crippen molar-refractivity contribution in [2.24, 2.45) is 5.73 Å². The van der Waals surface area contributed by atoms with Gasteiger partial charge in [-0.15, -0.1) is 0 Å². The largest absolute Gasteiger partial charge is 0.496 e. The number of hydrogen-bond acceptors (Lipinski definition) is 9. The number of anilines is 1. The minimum atomic E-state index is -0.584. The van der Waals surface area contributed by atoms with Crippen molar-refractivity contribution in [2.45, 2.75) is 71.8 Å².